The highest BCUT2D eigenvalue weighted by Crippen LogP contribution is 2.43. The van der Waals surface area contributed by atoms with Crippen molar-refractivity contribution in [3.63, 3.8) is 0 Å². The normalized spacial score (nSPS) is 29.7. The minimum Gasteiger partial charge on any atom is -0.369 e. The molecule has 0 radical (unpaired) electrons. The van der Waals surface area contributed by atoms with E-state index in [0.717, 1.165) is 0 Å². The van der Waals surface area contributed by atoms with Gasteiger partial charge >= 0.3 is 0 Å². The standard InChI is InChI=1S/C16H23N7O4/c1-16(2)26-10-8(5-17)25-14(11(10)27-16)23-7-18-9-12(23)20-15(21-13(9)24)19-6-22(3)4/h6-8,10-11,14H,5,17H2,1-4H3,(H,20,21,24)/b19-6+/t8-,10?,11?,14-/m1/s1. The minimum absolute atomic E-state index is 0.178. The number of imidazole rings is 1. The first-order valence-electron chi connectivity index (χ1n) is 8.68. The van der Waals surface area contributed by atoms with E-state index >= 15 is 0 Å². The van der Waals surface area contributed by atoms with E-state index in [1.165, 1.54) is 6.33 Å². The van der Waals surface area contributed by atoms with Crippen molar-refractivity contribution in [3.8, 4) is 0 Å². The Morgan fingerprint density at radius 3 is 2.85 bits per heavy atom. The summed E-state index contributed by atoms with van der Waals surface area (Å²) in [5.74, 6) is -0.565. The minimum atomic E-state index is -0.743. The van der Waals surface area contributed by atoms with E-state index in [9.17, 15) is 4.79 Å². The molecule has 2 saturated heterocycles. The van der Waals surface area contributed by atoms with Crippen molar-refractivity contribution in [3.05, 3.63) is 16.7 Å². The zero-order chi connectivity index (χ0) is 19.3. The highest BCUT2D eigenvalue weighted by atomic mass is 16.8. The molecule has 2 aromatic rings. The lowest BCUT2D eigenvalue weighted by Crippen LogP contribution is -2.34. The second-order valence-electron chi connectivity index (χ2n) is 7.29. The van der Waals surface area contributed by atoms with Crippen LogP contribution in [0.5, 0.6) is 0 Å². The maximum Gasteiger partial charge on any atom is 0.280 e. The van der Waals surface area contributed by atoms with E-state index in [0.29, 0.717) is 5.65 Å². The average Bonchev–Trinajstić information content (AvgIpc) is 3.23. The van der Waals surface area contributed by atoms with Crippen molar-refractivity contribution in [1.82, 2.24) is 24.4 Å². The fraction of sp³-hybridized carbons (Fsp3) is 0.625. The number of H-pyrrole nitrogens is 1. The van der Waals surface area contributed by atoms with E-state index < -0.39 is 12.0 Å². The van der Waals surface area contributed by atoms with Gasteiger partial charge in [0.05, 0.1) is 12.7 Å². The number of nitrogens with two attached hydrogens (primary N) is 1. The molecular formula is C16H23N7O4. The lowest BCUT2D eigenvalue weighted by molar-refractivity contribution is -0.195. The zero-order valence-corrected chi connectivity index (χ0v) is 15.6. The maximum absolute atomic E-state index is 12.3. The van der Waals surface area contributed by atoms with Crippen LogP contribution in [0.3, 0.4) is 0 Å². The maximum atomic E-state index is 12.3. The molecule has 4 heterocycles. The number of aromatic nitrogens is 4. The van der Waals surface area contributed by atoms with E-state index in [1.54, 1.807) is 15.8 Å². The van der Waals surface area contributed by atoms with Gasteiger partial charge in [-0.1, -0.05) is 0 Å². The summed E-state index contributed by atoms with van der Waals surface area (Å²) < 4.78 is 19.7. The molecule has 11 heteroatoms. The summed E-state index contributed by atoms with van der Waals surface area (Å²) in [7, 11) is 3.64. The molecule has 0 aliphatic carbocycles. The second kappa shape index (κ2) is 6.37. The molecule has 146 valence electrons. The van der Waals surface area contributed by atoms with Crippen molar-refractivity contribution in [2.24, 2.45) is 10.7 Å². The van der Waals surface area contributed by atoms with E-state index in [4.69, 9.17) is 19.9 Å². The van der Waals surface area contributed by atoms with Gasteiger partial charge in [-0.25, -0.2) is 9.98 Å². The van der Waals surface area contributed by atoms with Gasteiger partial charge < -0.3 is 24.8 Å². The number of ether oxygens (including phenoxy) is 3. The SMILES string of the molecule is CN(C)/C=N/c1nc2c(ncn2[C@@H]2O[C@H](CN)C3OC(C)(C)OC32)c(=O)[nH]1. The molecule has 11 nitrogen and oxygen atoms in total. The van der Waals surface area contributed by atoms with Crippen LogP contribution in [0.2, 0.25) is 0 Å². The Labute approximate surface area is 155 Å². The van der Waals surface area contributed by atoms with Crippen molar-refractivity contribution < 1.29 is 14.2 Å². The van der Waals surface area contributed by atoms with Crippen LogP contribution < -0.4 is 11.3 Å². The monoisotopic (exact) mass is 377 g/mol. The number of aliphatic imine (C=N–C) groups is 1. The van der Waals surface area contributed by atoms with Gasteiger partial charge in [0.2, 0.25) is 5.95 Å². The van der Waals surface area contributed by atoms with Crippen LogP contribution in [-0.2, 0) is 14.2 Å². The number of fused-ring (bicyclic) bond motifs is 2. The molecule has 4 rings (SSSR count). The second-order valence-corrected chi connectivity index (χ2v) is 7.29. The summed E-state index contributed by atoms with van der Waals surface area (Å²) in [4.78, 5) is 29.5. The Morgan fingerprint density at radius 2 is 2.15 bits per heavy atom. The van der Waals surface area contributed by atoms with Crippen LogP contribution in [0.1, 0.15) is 20.1 Å². The molecule has 2 aliphatic heterocycles. The fourth-order valence-electron chi connectivity index (χ4n) is 3.40. The van der Waals surface area contributed by atoms with Gasteiger partial charge in [-0.3, -0.25) is 14.3 Å². The molecule has 2 aliphatic rings. The lowest BCUT2D eigenvalue weighted by Gasteiger charge is -2.24. The fourth-order valence-corrected chi connectivity index (χ4v) is 3.40. The van der Waals surface area contributed by atoms with Gasteiger partial charge in [-0.05, 0) is 13.8 Å². The van der Waals surface area contributed by atoms with E-state index in [1.807, 2.05) is 27.9 Å². The summed E-state index contributed by atoms with van der Waals surface area (Å²) in [5.41, 5.74) is 6.03. The summed E-state index contributed by atoms with van der Waals surface area (Å²) in [6.45, 7) is 3.98. The molecule has 2 fully saturated rings. The summed E-state index contributed by atoms with van der Waals surface area (Å²) in [6.07, 6.45) is 1.49. The molecule has 0 aromatic carbocycles. The average molecular weight is 377 g/mol. The first kappa shape index (κ1) is 18.0. The van der Waals surface area contributed by atoms with Crippen LogP contribution >= 0.6 is 0 Å². The number of nitrogens with zero attached hydrogens (tertiary/aromatic N) is 5. The molecule has 0 spiro atoms. The largest absolute Gasteiger partial charge is 0.369 e. The van der Waals surface area contributed by atoms with Gasteiger partial charge in [0.15, 0.2) is 23.2 Å². The molecule has 0 amide bonds. The first-order valence-corrected chi connectivity index (χ1v) is 8.68. The third kappa shape index (κ3) is 3.12. The Morgan fingerprint density at radius 1 is 1.41 bits per heavy atom. The number of aromatic amines is 1. The van der Waals surface area contributed by atoms with Crippen molar-refractivity contribution in [2.45, 2.75) is 44.2 Å². The molecule has 2 unspecified atom stereocenters. The Bertz CT molecular complexity index is 934. The highest BCUT2D eigenvalue weighted by Gasteiger charge is 2.55. The summed E-state index contributed by atoms with van der Waals surface area (Å²) in [5, 5.41) is 0. The Kier molecular flexibility index (Phi) is 4.26. The van der Waals surface area contributed by atoms with E-state index in [-0.39, 0.29) is 41.9 Å². The molecule has 2 aromatic heterocycles. The van der Waals surface area contributed by atoms with Crippen molar-refractivity contribution in [1.29, 1.82) is 0 Å². The number of hydrogen-bond donors (Lipinski definition) is 2. The summed E-state index contributed by atoms with van der Waals surface area (Å²) in [6, 6.07) is 0. The molecule has 0 saturated carbocycles. The third-order valence-electron chi connectivity index (χ3n) is 4.46. The van der Waals surface area contributed by atoms with Crippen LogP contribution in [0.4, 0.5) is 5.95 Å². The lowest BCUT2D eigenvalue weighted by atomic mass is 10.1. The molecule has 3 N–H and O–H groups in total. The molecular weight excluding hydrogens is 354 g/mol. The number of nitrogens with one attached hydrogen (secondary N) is 1. The zero-order valence-electron chi connectivity index (χ0n) is 15.6. The van der Waals surface area contributed by atoms with Crippen LogP contribution in [0.15, 0.2) is 16.1 Å². The first-order chi connectivity index (χ1) is 12.8. The van der Waals surface area contributed by atoms with Crippen molar-refractivity contribution >= 4 is 23.5 Å². The van der Waals surface area contributed by atoms with Gasteiger partial charge in [0, 0.05) is 20.6 Å². The van der Waals surface area contributed by atoms with Crippen molar-refractivity contribution in [2.75, 3.05) is 20.6 Å². The van der Waals surface area contributed by atoms with Crippen LogP contribution in [-0.4, -0.2) is 75.5 Å². The van der Waals surface area contributed by atoms with Gasteiger partial charge in [0.25, 0.3) is 5.56 Å². The van der Waals surface area contributed by atoms with E-state index in [2.05, 4.69) is 19.9 Å². The predicted octanol–water partition coefficient (Wildman–Crippen LogP) is -0.283. The smallest absolute Gasteiger partial charge is 0.280 e. The molecule has 4 atom stereocenters. The topological polar surface area (TPSA) is 133 Å². The van der Waals surface area contributed by atoms with Gasteiger partial charge in [0.1, 0.15) is 18.3 Å². The number of rotatable bonds is 4. The number of hydrogen-bond acceptors (Lipinski definition) is 8. The molecule has 0 bridgehead atoms. The Balaban J connectivity index is 1.76. The molecule has 27 heavy (non-hydrogen) atoms. The van der Waals surface area contributed by atoms with Gasteiger partial charge in [-0.15, -0.1) is 0 Å². The Hall–Kier alpha value is -2.34. The van der Waals surface area contributed by atoms with Gasteiger partial charge in [-0.2, -0.15) is 4.98 Å². The third-order valence-corrected chi connectivity index (χ3v) is 4.46. The van der Waals surface area contributed by atoms with Crippen LogP contribution in [0, 0.1) is 0 Å². The quantitative estimate of drug-likeness (QED) is 0.549. The summed E-state index contributed by atoms with van der Waals surface area (Å²) >= 11 is 0. The highest BCUT2D eigenvalue weighted by molar-refractivity contribution is 5.71. The predicted molar refractivity (Wildman–Crippen MR) is 96.8 cm³/mol. The van der Waals surface area contributed by atoms with Crippen LogP contribution in [0.25, 0.3) is 11.2 Å².